The van der Waals surface area contributed by atoms with Crippen molar-refractivity contribution >= 4 is 0 Å². The summed E-state index contributed by atoms with van der Waals surface area (Å²) >= 11 is 0. The molecule has 108 valence electrons. The molecule has 1 N–H and O–H groups in total. The summed E-state index contributed by atoms with van der Waals surface area (Å²) in [5.41, 5.74) is -0.0205. The average Bonchev–Trinajstić information content (AvgIpc) is 2.48. The summed E-state index contributed by atoms with van der Waals surface area (Å²) < 4.78 is 6.54. The van der Waals surface area contributed by atoms with Gasteiger partial charge in [-0.05, 0) is 12.5 Å². The number of benzene rings is 1. The van der Waals surface area contributed by atoms with E-state index in [0.29, 0.717) is 18.7 Å². The molecule has 0 aliphatic carbocycles. The van der Waals surface area contributed by atoms with Crippen LogP contribution in [0, 0.1) is 11.3 Å². The van der Waals surface area contributed by atoms with Gasteiger partial charge in [0.1, 0.15) is 18.4 Å². The van der Waals surface area contributed by atoms with Gasteiger partial charge in [0.25, 0.3) is 5.56 Å². The molecule has 0 spiro atoms. The Bertz CT molecular complexity index is 769. The van der Waals surface area contributed by atoms with E-state index in [1.54, 1.807) is 6.92 Å². The summed E-state index contributed by atoms with van der Waals surface area (Å²) in [4.78, 5) is 25.9. The van der Waals surface area contributed by atoms with Crippen molar-refractivity contribution in [1.29, 1.82) is 5.26 Å². The van der Waals surface area contributed by atoms with Crippen molar-refractivity contribution in [3.05, 3.63) is 68.0 Å². The largest absolute Gasteiger partial charge is 0.361 e. The molecule has 0 unspecified atom stereocenters. The fourth-order valence-electron chi connectivity index (χ4n) is 2.02. The Morgan fingerprint density at radius 3 is 2.62 bits per heavy atom. The molecule has 0 atom stereocenters. The summed E-state index contributed by atoms with van der Waals surface area (Å²) in [5.74, 6) is 0. The van der Waals surface area contributed by atoms with Crippen molar-refractivity contribution in [3.63, 3.8) is 0 Å². The first-order valence-corrected chi connectivity index (χ1v) is 6.55. The van der Waals surface area contributed by atoms with Crippen molar-refractivity contribution in [2.75, 3.05) is 6.61 Å². The molecule has 1 heterocycles. The average molecular weight is 285 g/mol. The third-order valence-electron chi connectivity index (χ3n) is 3.06. The zero-order valence-electron chi connectivity index (χ0n) is 11.6. The first-order chi connectivity index (χ1) is 10.2. The molecule has 0 fully saturated rings. The minimum absolute atomic E-state index is 0.00294. The summed E-state index contributed by atoms with van der Waals surface area (Å²) in [6.07, 6.45) is 0.315. The lowest BCUT2D eigenvalue weighted by atomic mass is 10.1. The van der Waals surface area contributed by atoms with Gasteiger partial charge >= 0.3 is 5.69 Å². The second-order valence-electron chi connectivity index (χ2n) is 4.41. The predicted molar refractivity (Wildman–Crippen MR) is 76.9 cm³/mol. The summed E-state index contributed by atoms with van der Waals surface area (Å²) in [6, 6.07) is 11.2. The maximum Gasteiger partial charge on any atom is 0.330 e. The molecule has 0 bridgehead atoms. The second-order valence-corrected chi connectivity index (χ2v) is 4.41. The van der Waals surface area contributed by atoms with Crippen molar-refractivity contribution < 1.29 is 4.74 Å². The van der Waals surface area contributed by atoms with Crippen LogP contribution in [0.25, 0.3) is 0 Å². The van der Waals surface area contributed by atoms with E-state index in [1.807, 2.05) is 36.4 Å². The lowest BCUT2D eigenvalue weighted by molar-refractivity contribution is 0.0823. The molecule has 1 aromatic heterocycles. The Kier molecular flexibility index (Phi) is 4.69. The molecule has 6 heteroatoms. The molecule has 1 aromatic carbocycles. The van der Waals surface area contributed by atoms with E-state index >= 15 is 0 Å². The predicted octanol–water partition coefficient (Wildman–Crippen LogP) is 0.993. The molecule has 0 radical (unpaired) electrons. The fraction of sp³-hybridized carbons (Fsp3) is 0.267. The molecule has 2 aromatic rings. The van der Waals surface area contributed by atoms with Gasteiger partial charge in [-0.15, -0.1) is 0 Å². The number of H-pyrrole nitrogens is 1. The van der Waals surface area contributed by atoms with Crippen LogP contribution < -0.4 is 11.2 Å². The Hall–Kier alpha value is -2.65. The zero-order valence-corrected chi connectivity index (χ0v) is 11.6. The standard InChI is InChI=1S/C15H15N3O3/c1-2-21-10-18-13(8-11-6-4-3-5-7-11)12(9-16)14(19)17-15(18)20/h3-7H,2,8,10H2,1H3,(H,17,19,20). The zero-order chi connectivity index (χ0) is 15.2. The smallest absolute Gasteiger partial charge is 0.330 e. The molecule has 6 nitrogen and oxygen atoms in total. The number of ether oxygens (including phenoxy) is 1. The topological polar surface area (TPSA) is 87.9 Å². The summed E-state index contributed by atoms with van der Waals surface area (Å²) in [6.45, 7) is 2.24. The number of aromatic amines is 1. The molecule has 0 amide bonds. The van der Waals surface area contributed by atoms with Crippen molar-refractivity contribution in [2.45, 2.75) is 20.1 Å². The summed E-state index contributed by atoms with van der Waals surface area (Å²) in [7, 11) is 0. The van der Waals surface area contributed by atoms with E-state index in [4.69, 9.17) is 4.74 Å². The fourth-order valence-corrected chi connectivity index (χ4v) is 2.02. The third-order valence-corrected chi connectivity index (χ3v) is 3.06. The van der Waals surface area contributed by atoms with Gasteiger partial charge in [-0.1, -0.05) is 30.3 Å². The SMILES string of the molecule is CCOCn1c(Cc2ccccc2)c(C#N)c(=O)[nH]c1=O. The van der Waals surface area contributed by atoms with E-state index in [2.05, 4.69) is 4.98 Å². The van der Waals surface area contributed by atoms with Gasteiger partial charge in [0.2, 0.25) is 0 Å². The quantitative estimate of drug-likeness (QED) is 0.887. The van der Waals surface area contributed by atoms with Gasteiger partial charge in [-0.25, -0.2) is 4.79 Å². The van der Waals surface area contributed by atoms with E-state index in [1.165, 1.54) is 4.57 Å². The van der Waals surface area contributed by atoms with E-state index < -0.39 is 11.2 Å². The van der Waals surface area contributed by atoms with Crippen LogP contribution >= 0.6 is 0 Å². The lowest BCUT2D eigenvalue weighted by Gasteiger charge is -2.13. The Morgan fingerprint density at radius 1 is 1.29 bits per heavy atom. The van der Waals surface area contributed by atoms with Crippen LogP contribution in [0.4, 0.5) is 0 Å². The van der Waals surface area contributed by atoms with Crippen LogP contribution in [0.2, 0.25) is 0 Å². The number of aromatic nitrogens is 2. The first-order valence-electron chi connectivity index (χ1n) is 6.55. The van der Waals surface area contributed by atoms with Crippen LogP contribution in [-0.2, 0) is 17.9 Å². The maximum atomic E-state index is 11.9. The number of rotatable bonds is 5. The first kappa shape index (κ1) is 14.8. The number of hydrogen-bond donors (Lipinski definition) is 1. The van der Waals surface area contributed by atoms with Crippen LogP contribution in [0.3, 0.4) is 0 Å². The molecular weight excluding hydrogens is 270 g/mol. The number of nitrogens with zero attached hydrogens (tertiary/aromatic N) is 2. The van der Waals surface area contributed by atoms with Gasteiger partial charge in [0.15, 0.2) is 0 Å². The van der Waals surface area contributed by atoms with Gasteiger partial charge in [-0.3, -0.25) is 14.3 Å². The number of nitriles is 1. The molecule has 0 saturated carbocycles. The van der Waals surface area contributed by atoms with Crippen LogP contribution in [0.5, 0.6) is 0 Å². The van der Waals surface area contributed by atoms with E-state index in [0.717, 1.165) is 5.56 Å². The van der Waals surface area contributed by atoms with Gasteiger partial charge in [-0.2, -0.15) is 5.26 Å². The van der Waals surface area contributed by atoms with Crippen LogP contribution in [-0.4, -0.2) is 16.2 Å². The molecule has 0 aliphatic rings. The molecular formula is C15H15N3O3. The molecule has 0 aliphatic heterocycles. The Morgan fingerprint density at radius 2 is 2.00 bits per heavy atom. The highest BCUT2D eigenvalue weighted by Gasteiger charge is 2.15. The van der Waals surface area contributed by atoms with Crippen molar-refractivity contribution in [3.8, 4) is 6.07 Å². The van der Waals surface area contributed by atoms with E-state index in [9.17, 15) is 14.9 Å². The maximum absolute atomic E-state index is 11.9. The van der Waals surface area contributed by atoms with Gasteiger partial charge < -0.3 is 4.74 Å². The van der Waals surface area contributed by atoms with Crippen molar-refractivity contribution in [1.82, 2.24) is 9.55 Å². The highest BCUT2D eigenvalue weighted by molar-refractivity contribution is 5.35. The van der Waals surface area contributed by atoms with Crippen molar-refractivity contribution in [2.24, 2.45) is 0 Å². The van der Waals surface area contributed by atoms with Gasteiger partial charge in [0, 0.05) is 13.0 Å². The Balaban J connectivity index is 2.57. The molecule has 0 saturated heterocycles. The minimum atomic E-state index is -0.666. The highest BCUT2D eigenvalue weighted by Crippen LogP contribution is 2.10. The lowest BCUT2D eigenvalue weighted by Crippen LogP contribution is -2.35. The monoisotopic (exact) mass is 285 g/mol. The minimum Gasteiger partial charge on any atom is -0.361 e. The summed E-state index contributed by atoms with van der Waals surface area (Å²) in [5, 5.41) is 9.19. The third kappa shape index (κ3) is 3.27. The molecule has 21 heavy (non-hydrogen) atoms. The Labute approximate surface area is 121 Å². The van der Waals surface area contributed by atoms with Crippen LogP contribution in [0.15, 0.2) is 39.9 Å². The molecule has 2 rings (SSSR count). The van der Waals surface area contributed by atoms with E-state index in [-0.39, 0.29) is 12.3 Å². The van der Waals surface area contributed by atoms with Crippen LogP contribution in [0.1, 0.15) is 23.7 Å². The highest BCUT2D eigenvalue weighted by atomic mass is 16.5. The second kappa shape index (κ2) is 6.68. The number of hydrogen-bond acceptors (Lipinski definition) is 4. The number of nitrogens with one attached hydrogen (secondary N) is 1. The van der Waals surface area contributed by atoms with Gasteiger partial charge in [0.05, 0.1) is 5.69 Å². The normalized spacial score (nSPS) is 10.3.